The van der Waals surface area contributed by atoms with Crippen molar-refractivity contribution in [3.8, 4) is 39.6 Å². The zero-order valence-corrected chi connectivity index (χ0v) is 41.8. The largest absolute Gasteiger partial charge is 0.509 e. The number of fused-ring (bicyclic) bond motifs is 4. The second-order valence-corrected chi connectivity index (χ2v) is 18.8. The van der Waals surface area contributed by atoms with Gasteiger partial charge in [0.1, 0.15) is 17.5 Å². The Bertz CT molecular complexity index is 3270. The van der Waals surface area contributed by atoms with E-state index < -0.39 is 11.6 Å². The smallest absolute Gasteiger partial charge is 0.135 e. The molecular weight excluding hydrogens is 1030 g/mol. The van der Waals surface area contributed by atoms with Crippen LogP contribution in [0.15, 0.2) is 146 Å². The number of benzene rings is 7. The predicted octanol–water partition coefficient (Wildman–Crippen LogP) is 17.1. The molecule has 7 aromatic carbocycles. The van der Waals surface area contributed by atoms with Crippen LogP contribution >= 0.6 is 0 Å². The molecule has 0 amide bonds. The normalized spacial score (nSPS) is 12.6. The fraction of sp³-hybridized carbons (Fsp3) is 0.200. The molecule has 0 bridgehead atoms. The Morgan fingerprint density at radius 2 is 1.19 bits per heavy atom. The van der Waals surface area contributed by atoms with Gasteiger partial charge < -0.3 is 19.1 Å². The van der Waals surface area contributed by atoms with Gasteiger partial charge in [0.15, 0.2) is 0 Å². The average Bonchev–Trinajstić information content (AvgIpc) is 3.86. The molecule has 3 heterocycles. The summed E-state index contributed by atoms with van der Waals surface area (Å²) in [5, 5.41) is 2.17. The van der Waals surface area contributed by atoms with Crippen LogP contribution in [-0.4, -0.2) is 9.55 Å². The zero-order valence-electron chi connectivity index (χ0n) is 39.5. The fourth-order valence-electron chi connectivity index (χ4n) is 9.53. The number of aromatic nitrogens is 2. The Morgan fingerprint density at radius 1 is 0.544 bits per heavy atom. The van der Waals surface area contributed by atoms with Crippen molar-refractivity contribution in [2.45, 2.75) is 79.1 Å². The zero-order chi connectivity index (χ0) is 46.7. The molecule has 346 valence electrons. The number of ether oxygens (including phenoxy) is 1. The molecule has 0 saturated carbocycles. The number of hydrogen-bond donors (Lipinski definition) is 0. The van der Waals surface area contributed by atoms with Crippen LogP contribution in [0.3, 0.4) is 0 Å². The quantitative estimate of drug-likeness (QED) is 0.121. The molecule has 1 aliphatic heterocycles. The molecule has 2 aromatic heterocycles. The number of halogens is 2. The first-order valence-corrected chi connectivity index (χ1v) is 23.3. The number of hydrogen-bond acceptors (Lipinski definition) is 4. The minimum absolute atomic E-state index is 0. The molecule has 1 aliphatic rings. The van der Waals surface area contributed by atoms with Crippen molar-refractivity contribution in [3.63, 3.8) is 0 Å². The van der Waals surface area contributed by atoms with Gasteiger partial charge in [-0.2, -0.15) is 6.07 Å². The number of pyridine rings is 1. The van der Waals surface area contributed by atoms with E-state index in [1.165, 1.54) is 23.3 Å². The molecule has 0 spiro atoms. The van der Waals surface area contributed by atoms with Crippen LogP contribution in [0.1, 0.15) is 101 Å². The SMILES string of the molecule is CC(C)c1ccc(-c2cc(Oc3[c-]c4c(cc3)c3ccccc3n4-c3ccccn3)[c-]c(N3[CH-]N(c4c(C(C)C)cc(-c5cc(F)cc(F)c5)cc4C(C)C)c4ccccc43)c2)c(C(C)C)c1.[Pt]. The second-order valence-electron chi connectivity index (χ2n) is 18.8. The van der Waals surface area contributed by atoms with Gasteiger partial charge in [-0.1, -0.05) is 116 Å². The molecule has 68 heavy (non-hydrogen) atoms. The van der Waals surface area contributed by atoms with E-state index in [2.05, 4.69) is 180 Å². The maximum absolute atomic E-state index is 14.6. The summed E-state index contributed by atoms with van der Waals surface area (Å²) in [7, 11) is 0. The third kappa shape index (κ3) is 8.62. The van der Waals surface area contributed by atoms with Gasteiger partial charge >= 0.3 is 0 Å². The van der Waals surface area contributed by atoms with Crippen molar-refractivity contribution < 1.29 is 34.6 Å². The van der Waals surface area contributed by atoms with Gasteiger partial charge in [0.05, 0.1) is 0 Å². The van der Waals surface area contributed by atoms with Gasteiger partial charge in [-0.25, -0.2) is 13.8 Å². The summed E-state index contributed by atoms with van der Waals surface area (Å²) < 4.78 is 38.3. The van der Waals surface area contributed by atoms with Crippen molar-refractivity contribution in [3.05, 3.63) is 198 Å². The maximum Gasteiger partial charge on any atom is 0.135 e. The molecule has 0 saturated heterocycles. The van der Waals surface area contributed by atoms with Gasteiger partial charge in [-0.15, -0.1) is 53.6 Å². The molecule has 10 rings (SSSR count). The van der Waals surface area contributed by atoms with Gasteiger partial charge in [-0.3, -0.25) is 0 Å². The van der Waals surface area contributed by atoms with Crippen LogP contribution < -0.4 is 14.5 Å². The first-order chi connectivity index (χ1) is 32.3. The van der Waals surface area contributed by atoms with Crippen LogP contribution in [0.2, 0.25) is 0 Å². The number of nitrogens with zero attached hydrogens (tertiary/aromatic N) is 4. The Labute approximate surface area is 413 Å². The van der Waals surface area contributed by atoms with E-state index in [1.54, 1.807) is 0 Å². The molecule has 0 aliphatic carbocycles. The van der Waals surface area contributed by atoms with Crippen LogP contribution in [-0.2, 0) is 21.1 Å². The molecule has 5 nitrogen and oxygen atoms in total. The van der Waals surface area contributed by atoms with Crippen molar-refractivity contribution in [1.29, 1.82) is 0 Å². The number of para-hydroxylation sites is 3. The Kier molecular flexibility index (Phi) is 12.9. The standard InChI is InChI=1S/C60H53F2N4O.Pt/c1-36(2)40-20-22-49(52(29-40)37(3)4)43-27-46(33-48(28-43)67-47-21-23-51-50-15-9-10-16-55(50)66(58(51)34-47)59-19-13-14-24-63-59)64-35-65(57-18-12-11-17-56(57)64)60-53(38(5)6)30-42(31-54(60)39(7)8)41-25-44(61)32-45(62)26-41;/h9-32,35-39H,1-8H3;/q-3;. The van der Waals surface area contributed by atoms with Crippen LogP contribution in [0.4, 0.5) is 31.5 Å². The first kappa shape index (κ1) is 46.5. The van der Waals surface area contributed by atoms with E-state index in [9.17, 15) is 8.78 Å². The van der Waals surface area contributed by atoms with Gasteiger partial charge in [0.2, 0.25) is 0 Å². The molecule has 9 aromatic rings. The van der Waals surface area contributed by atoms with Crippen molar-refractivity contribution in [1.82, 2.24) is 9.55 Å². The summed E-state index contributed by atoms with van der Waals surface area (Å²) in [6.45, 7) is 19.8. The van der Waals surface area contributed by atoms with Crippen LogP contribution in [0, 0.1) is 30.4 Å². The van der Waals surface area contributed by atoms with Crippen LogP contribution in [0.5, 0.6) is 11.5 Å². The molecular formula is C60H53F2N4OPt-3. The molecule has 0 radical (unpaired) electrons. The predicted molar refractivity (Wildman–Crippen MR) is 271 cm³/mol. The summed E-state index contributed by atoms with van der Waals surface area (Å²) in [4.78, 5) is 9.20. The van der Waals surface area contributed by atoms with E-state index in [-0.39, 0.29) is 38.8 Å². The molecule has 0 unspecified atom stereocenters. The van der Waals surface area contributed by atoms with E-state index in [4.69, 9.17) is 9.72 Å². The van der Waals surface area contributed by atoms with E-state index in [1.807, 2.05) is 36.5 Å². The molecule has 0 atom stereocenters. The monoisotopic (exact) mass is 1080 g/mol. The van der Waals surface area contributed by atoms with Crippen molar-refractivity contribution in [2.75, 3.05) is 9.80 Å². The van der Waals surface area contributed by atoms with Gasteiger partial charge in [-0.05, 0) is 123 Å². The molecule has 8 heteroatoms. The summed E-state index contributed by atoms with van der Waals surface area (Å²) in [6.07, 6.45) is 1.81. The topological polar surface area (TPSA) is 33.5 Å². The minimum atomic E-state index is -0.599. The van der Waals surface area contributed by atoms with Gasteiger partial charge in [0.25, 0.3) is 0 Å². The summed E-state index contributed by atoms with van der Waals surface area (Å²) in [5.41, 5.74) is 13.9. The Hall–Kier alpha value is -6.56. The number of rotatable bonds is 11. The number of anilines is 4. The van der Waals surface area contributed by atoms with Crippen LogP contribution in [0.25, 0.3) is 49.9 Å². The van der Waals surface area contributed by atoms with Gasteiger partial charge in [0, 0.05) is 67.4 Å². The van der Waals surface area contributed by atoms with E-state index in [0.29, 0.717) is 23.0 Å². The van der Waals surface area contributed by atoms with E-state index >= 15 is 0 Å². The second kappa shape index (κ2) is 18.8. The Balaban J connectivity index is 0.00000578. The van der Waals surface area contributed by atoms with Crippen molar-refractivity contribution >= 4 is 44.6 Å². The maximum atomic E-state index is 14.6. The molecule has 0 fully saturated rings. The first-order valence-electron chi connectivity index (χ1n) is 23.3. The van der Waals surface area contributed by atoms with Crippen molar-refractivity contribution in [2.24, 2.45) is 0 Å². The Morgan fingerprint density at radius 3 is 1.85 bits per heavy atom. The fourth-order valence-corrected chi connectivity index (χ4v) is 9.53. The third-order valence-electron chi connectivity index (χ3n) is 12.9. The van der Waals surface area contributed by atoms with E-state index in [0.717, 1.165) is 84.3 Å². The minimum Gasteiger partial charge on any atom is -0.509 e. The summed E-state index contributed by atoms with van der Waals surface area (Å²) in [6, 6.07) is 53.2. The average molecular weight is 1080 g/mol. The third-order valence-corrected chi connectivity index (χ3v) is 12.9. The summed E-state index contributed by atoms with van der Waals surface area (Å²) >= 11 is 0. The summed E-state index contributed by atoms with van der Waals surface area (Å²) in [5.74, 6) is 1.53. The molecule has 0 N–H and O–H groups in total.